The minimum atomic E-state index is 0.194. The molecule has 0 radical (unpaired) electrons. The van der Waals surface area contributed by atoms with E-state index in [1.54, 1.807) is 7.11 Å². The lowest BCUT2D eigenvalue weighted by molar-refractivity contribution is -0.130. The smallest absolute Gasteiger partial charge is 0.236 e. The Morgan fingerprint density at radius 1 is 1.47 bits per heavy atom. The topological polar surface area (TPSA) is 41.6 Å². The Morgan fingerprint density at radius 3 is 3.00 bits per heavy atom. The highest BCUT2D eigenvalue weighted by Gasteiger charge is 2.28. The molecule has 0 spiro atoms. The minimum Gasteiger partial charge on any atom is -0.496 e. The number of nitrogens with one attached hydrogen (secondary N) is 1. The lowest BCUT2D eigenvalue weighted by atomic mass is 10.0. The zero-order valence-electron chi connectivity index (χ0n) is 11.7. The van der Waals surface area contributed by atoms with Gasteiger partial charge in [-0.2, -0.15) is 0 Å². The van der Waals surface area contributed by atoms with Crippen LogP contribution in [0, 0.1) is 0 Å². The second kappa shape index (κ2) is 6.57. The van der Waals surface area contributed by atoms with Crippen molar-refractivity contribution in [2.45, 2.75) is 25.3 Å². The van der Waals surface area contributed by atoms with Gasteiger partial charge in [0.25, 0.3) is 0 Å². The average Bonchev–Trinajstić information content (AvgIpc) is 2.88. The molecule has 0 unspecified atom stereocenters. The van der Waals surface area contributed by atoms with Gasteiger partial charge in [0.1, 0.15) is 5.75 Å². The number of amides is 1. The molecule has 0 bridgehead atoms. The van der Waals surface area contributed by atoms with Gasteiger partial charge in [0.05, 0.1) is 13.7 Å². The van der Waals surface area contributed by atoms with Crippen LogP contribution in [-0.4, -0.2) is 44.1 Å². The maximum absolute atomic E-state index is 12.0. The molecular weight excluding hydrogens is 240 g/mol. The van der Waals surface area contributed by atoms with Crippen LogP contribution in [0.5, 0.6) is 5.75 Å². The molecule has 0 saturated carbocycles. The van der Waals surface area contributed by atoms with Crippen molar-refractivity contribution >= 4 is 5.91 Å². The van der Waals surface area contributed by atoms with Crippen molar-refractivity contribution in [1.82, 2.24) is 10.2 Å². The van der Waals surface area contributed by atoms with Crippen molar-refractivity contribution < 1.29 is 9.53 Å². The van der Waals surface area contributed by atoms with Gasteiger partial charge in [0, 0.05) is 12.6 Å². The molecule has 0 aliphatic carbocycles. The fraction of sp³-hybridized carbons (Fsp3) is 0.533. The van der Waals surface area contributed by atoms with E-state index in [2.05, 4.69) is 11.4 Å². The van der Waals surface area contributed by atoms with E-state index in [0.29, 0.717) is 12.6 Å². The number of ether oxygens (including phenoxy) is 1. The largest absolute Gasteiger partial charge is 0.496 e. The number of hydrogen-bond donors (Lipinski definition) is 1. The van der Waals surface area contributed by atoms with Gasteiger partial charge in [0.15, 0.2) is 0 Å². The number of likely N-dealkylation sites (N-methyl/N-ethyl adjacent to an activating group) is 1. The van der Waals surface area contributed by atoms with E-state index >= 15 is 0 Å². The van der Waals surface area contributed by atoms with Crippen LogP contribution in [0.15, 0.2) is 24.3 Å². The van der Waals surface area contributed by atoms with E-state index in [0.717, 1.165) is 31.6 Å². The number of methoxy groups -OCH3 is 1. The van der Waals surface area contributed by atoms with Crippen LogP contribution < -0.4 is 10.1 Å². The first-order chi connectivity index (χ1) is 9.26. The molecule has 1 aromatic rings. The van der Waals surface area contributed by atoms with Crippen LogP contribution in [0.1, 0.15) is 18.4 Å². The zero-order valence-corrected chi connectivity index (χ0v) is 11.7. The summed E-state index contributed by atoms with van der Waals surface area (Å²) >= 11 is 0. The van der Waals surface area contributed by atoms with E-state index in [9.17, 15) is 4.79 Å². The number of hydrogen-bond acceptors (Lipinski definition) is 3. The van der Waals surface area contributed by atoms with Crippen LogP contribution in [0.2, 0.25) is 0 Å². The Hall–Kier alpha value is -1.55. The molecule has 1 N–H and O–H groups in total. The summed E-state index contributed by atoms with van der Waals surface area (Å²) in [6.07, 6.45) is 3.04. The number of benzene rings is 1. The summed E-state index contributed by atoms with van der Waals surface area (Å²) in [6, 6.07) is 8.35. The summed E-state index contributed by atoms with van der Waals surface area (Å²) in [5.74, 6) is 1.11. The van der Waals surface area contributed by atoms with Gasteiger partial charge in [-0.25, -0.2) is 0 Å². The first-order valence-corrected chi connectivity index (χ1v) is 6.82. The monoisotopic (exact) mass is 262 g/mol. The van der Waals surface area contributed by atoms with Crippen molar-refractivity contribution in [3.8, 4) is 5.75 Å². The van der Waals surface area contributed by atoms with Crippen LogP contribution in [-0.2, 0) is 11.2 Å². The van der Waals surface area contributed by atoms with Crippen molar-refractivity contribution in [3.05, 3.63) is 29.8 Å². The second-order valence-corrected chi connectivity index (χ2v) is 4.93. The summed E-state index contributed by atoms with van der Waals surface area (Å²) in [6.45, 7) is 1.29. The number of para-hydroxylation sites is 1. The molecule has 0 aromatic heterocycles. The summed E-state index contributed by atoms with van der Waals surface area (Å²) in [4.78, 5) is 14.0. The van der Waals surface area contributed by atoms with Gasteiger partial charge in [-0.3, -0.25) is 4.79 Å². The molecule has 1 aliphatic rings. The molecule has 104 valence electrons. The van der Waals surface area contributed by atoms with Crippen molar-refractivity contribution in [2.75, 3.05) is 27.2 Å². The maximum atomic E-state index is 12.0. The van der Waals surface area contributed by atoms with Crippen molar-refractivity contribution in [2.24, 2.45) is 0 Å². The molecule has 2 rings (SSSR count). The Balaban J connectivity index is 2.07. The molecule has 1 atom stereocenters. The summed E-state index contributed by atoms with van der Waals surface area (Å²) < 4.78 is 5.38. The first kappa shape index (κ1) is 13.9. The van der Waals surface area contributed by atoms with Gasteiger partial charge in [-0.05, 0) is 37.9 Å². The highest BCUT2D eigenvalue weighted by Crippen LogP contribution is 2.25. The van der Waals surface area contributed by atoms with E-state index in [4.69, 9.17) is 4.74 Å². The molecule has 1 aliphatic heterocycles. The molecule has 1 amide bonds. The standard InChI is InChI=1S/C15H22N2O2/c1-16-11-15(18)17-9-5-7-13(17)10-12-6-3-4-8-14(12)19-2/h3-4,6,8,13,16H,5,7,9-11H2,1-2H3/t13-/m0/s1. The fourth-order valence-corrected chi connectivity index (χ4v) is 2.75. The third kappa shape index (κ3) is 3.26. The summed E-state index contributed by atoms with van der Waals surface area (Å²) in [5, 5.41) is 2.94. The van der Waals surface area contributed by atoms with Crippen LogP contribution in [0.3, 0.4) is 0 Å². The number of carbonyl (C=O) groups excluding carboxylic acids is 1. The molecule has 1 fully saturated rings. The molecule has 1 aromatic carbocycles. The second-order valence-electron chi connectivity index (χ2n) is 4.93. The number of rotatable bonds is 5. The predicted octanol–water partition coefficient (Wildman–Crippen LogP) is 1.45. The number of likely N-dealkylation sites (tertiary alicyclic amines) is 1. The van der Waals surface area contributed by atoms with E-state index in [1.807, 2.05) is 30.1 Å². The van der Waals surface area contributed by atoms with Crippen LogP contribution in [0.25, 0.3) is 0 Å². The van der Waals surface area contributed by atoms with E-state index < -0.39 is 0 Å². The Bertz CT molecular complexity index is 434. The lowest BCUT2D eigenvalue weighted by Crippen LogP contribution is -2.41. The SMILES string of the molecule is CNCC(=O)N1CCC[C@H]1Cc1ccccc1OC. The fourth-order valence-electron chi connectivity index (χ4n) is 2.75. The van der Waals surface area contributed by atoms with E-state index in [-0.39, 0.29) is 5.91 Å². The summed E-state index contributed by atoms with van der Waals surface area (Å²) in [7, 11) is 3.50. The van der Waals surface area contributed by atoms with Crippen LogP contribution >= 0.6 is 0 Å². The Kier molecular flexibility index (Phi) is 4.80. The van der Waals surface area contributed by atoms with Crippen molar-refractivity contribution in [1.29, 1.82) is 0 Å². The molecular formula is C15H22N2O2. The zero-order chi connectivity index (χ0) is 13.7. The van der Waals surface area contributed by atoms with Gasteiger partial charge >= 0.3 is 0 Å². The average molecular weight is 262 g/mol. The highest BCUT2D eigenvalue weighted by atomic mass is 16.5. The Labute approximate surface area is 114 Å². The lowest BCUT2D eigenvalue weighted by Gasteiger charge is -2.25. The minimum absolute atomic E-state index is 0.194. The first-order valence-electron chi connectivity index (χ1n) is 6.82. The van der Waals surface area contributed by atoms with Gasteiger partial charge < -0.3 is 15.0 Å². The highest BCUT2D eigenvalue weighted by molar-refractivity contribution is 5.78. The van der Waals surface area contributed by atoms with Gasteiger partial charge in [0.2, 0.25) is 5.91 Å². The molecule has 4 nitrogen and oxygen atoms in total. The quantitative estimate of drug-likeness (QED) is 0.873. The maximum Gasteiger partial charge on any atom is 0.236 e. The number of carbonyl (C=O) groups is 1. The third-order valence-electron chi connectivity index (χ3n) is 3.67. The third-order valence-corrected chi connectivity index (χ3v) is 3.67. The molecule has 1 heterocycles. The molecule has 1 saturated heterocycles. The van der Waals surface area contributed by atoms with Crippen molar-refractivity contribution in [3.63, 3.8) is 0 Å². The van der Waals surface area contributed by atoms with Gasteiger partial charge in [-0.15, -0.1) is 0 Å². The van der Waals surface area contributed by atoms with Crippen LogP contribution in [0.4, 0.5) is 0 Å². The number of nitrogens with zero attached hydrogens (tertiary/aromatic N) is 1. The summed E-state index contributed by atoms with van der Waals surface area (Å²) in [5.41, 5.74) is 1.18. The van der Waals surface area contributed by atoms with Gasteiger partial charge in [-0.1, -0.05) is 18.2 Å². The normalized spacial score (nSPS) is 18.6. The molecule has 19 heavy (non-hydrogen) atoms. The van der Waals surface area contributed by atoms with E-state index in [1.165, 1.54) is 5.56 Å². The molecule has 4 heteroatoms. The Morgan fingerprint density at radius 2 is 2.26 bits per heavy atom. The predicted molar refractivity (Wildman–Crippen MR) is 75.4 cm³/mol.